The fourth-order valence-electron chi connectivity index (χ4n) is 5.22. The van der Waals surface area contributed by atoms with Crippen LogP contribution in [0.25, 0.3) is 10.9 Å². The first-order valence-corrected chi connectivity index (χ1v) is 12.3. The number of ketones is 1. The summed E-state index contributed by atoms with van der Waals surface area (Å²) < 4.78 is 20.7. The Bertz CT molecular complexity index is 1450. The zero-order valence-corrected chi connectivity index (χ0v) is 21.0. The molecule has 1 saturated carbocycles. The van der Waals surface area contributed by atoms with Gasteiger partial charge in [-0.2, -0.15) is 0 Å². The van der Waals surface area contributed by atoms with Gasteiger partial charge in [0.05, 0.1) is 17.7 Å². The van der Waals surface area contributed by atoms with Crippen LogP contribution in [0.1, 0.15) is 46.0 Å². The zero-order valence-electron chi connectivity index (χ0n) is 20.3. The summed E-state index contributed by atoms with van der Waals surface area (Å²) in [7, 11) is 1.28. The average molecular weight is 526 g/mol. The van der Waals surface area contributed by atoms with Gasteiger partial charge in [0.25, 0.3) is 0 Å². The van der Waals surface area contributed by atoms with Crippen LogP contribution in [-0.4, -0.2) is 52.2 Å². The molecule has 1 saturated heterocycles. The summed E-state index contributed by atoms with van der Waals surface area (Å²) in [5.41, 5.74) is 1.57. The molecule has 2 aliphatic rings. The van der Waals surface area contributed by atoms with Crippen molar-refractivity contribution in [2.75, 3.05) is 7.11 Å². The second-order valence-corrected chi connectivity index (χ2v) is 9.90. The average Bonchev–Trinajstić information content (AvgIpc) is 3.39. The molecule has 2 heterocycles. The van der Waals surface area contributed by atoms with E-state index < -0.39 is 17.8 Å². The molecule has 3 atom stereocenters. The van der Waals surface area contributed by atoms with Crippen molar-refractivity contribution in [1.82, 2.24) is 14.8 Å². The SMILES string of the molecule is COC(=O)c1ccc2c(c1)c(C(C)=O)cn2CC(=O)N1C2C[C@@H]2C[C@H]1C(=O)NCc1cccc(Cl)c1F. The number of ether oxygens (including phenoxy) is 1. The van der Waals surface area contributed by atoms with Crippen LogP contribution in [0.3, 0.4) is 0 Å². The molecule has 192 valence electrons. The molecular weight excluding hydrogens is 501 g/mol. The van der Waals surface area contributed by atoms with Crippen molar-refractivity contribution >= 4 is 46.1 Å². The number of halogens is 2. The minimum atomic E-state index is -0.654. The number of hydrogen-bond donors (Lipinski definition) is 1. The highest BCUT2D eigenvalue weighted by atomic mass is 35.5. The third kappa shape index (κ3) is 4.59. The lowest BCUT2D eigenvalue weighted by atomic mass is 10.1. The summed E-state index contributed by atoms with van der Waals surface area (Å²) in [5.74, 6) is -1.63. The molecule has 2 fully saturated rings. The van der Waals surface area contributed by atoms with Crippen LogP contribution < -0.4 is 5.32 Å². The lowest BCUT2D eigenvalue weighted by Crippen LogP contribution is -2.48. The van der Waals surface area contributed by atoms with E-state index in [-0.39, 0.29) is 53.2 Å². The summed E-state index contributed by atoms with van der Waals surface area (Å²) in [6.07, 6.45) is 2.99. The van der Waals surface area contributed by atoms with E-state index in [4.69, 9.17) is 16.3 Å². The highest BCUT2D eigenvalue weighted by molar-refractivity contribution is 6.30. The van der Waals surface area contributed by atoms with E-state index in [9.17, 15) is 23.6 Å². The van der Waals surface area contributed by atoms with Crippen LogP contribution in [0.4, 0.5) is 4.39 Å². The van der Waals surface area contributed by atoms with Crippen molar-refractivity contribution in [3.63, 3.8) is 0 Å². The van der Waals surface area contributed by atoms with Crippen LogP contribution in [0, 0.1) is 11.7 Å². The van der Waals surface area contributed by atoms with Crippen LogP contribution in [0.2, 0.25) is 5.02 Å². The Balaban J connectivity index is 1.35. The fraction of sp³-hybridized carbons (Fsp3) is 0.333. The van der Waals surface area contributed by atoms with E-state index in [1.165, 1.54) is 20.1 Å². The predicted molar refractivity (Wildman–Crippen MR) is 134 cm³/mol. The van der Waals surface area contributed by atoms with Crippen molar-refractivity contribution in [2.45, 2.75) is 44.9 Å². The molecule has 2 aromatic carbocycles. The number of rotatable bonds is 7. The van der Waals surface area contributed by atoms with Gasteiger partial charge in [-0.25, -0.2) is 9.18 Å². The van der Waals surface area contributed by atoms with Crippen LogP contribution >= 0.6 is 11.6 Å². The van der Waals surface area contributed by atoms with Gasteiger partial charge in [-0.1, -0.05) is 23.7 Å². The number of methoxy groups -OCH3 is 1. The molecule has 8 nitrogen and oxygen atoms in total. The number of aromatic nitrogens is 1. The molecule has 1 unspecified atom stereocenters. The van der Waals surface area contributed by atoms with Gasteiger partial charge in [0, 0.05) is 40.8 Å². The summed E-state index contributed by atoms with van der Waals surface area (Å²) in [6.45, 7) is 1.31. The van der Waals surface area contributed by atoms with Crippen molar-refractivity contribution in [2.24, 2.45) is 5.92 Å². The first-order valence-electron chi connectivity index (χ1n) is 11.9. The normalized spacial score (nSPS) is 20.0. The molecular formula is C27H25ClFN3O5. The van der Waals surface area contributed by atoms with E-state index >= 15 is 0 Å². The number of nitrogens with zero attached hydrogens (tertiary/aromatic N) is 2. The quantitative estimate of drug-likeness (QED) is 0.374. The molecule has 5 rings (SSSR count). The van der Waals surface area contributed by atoms with Gasteiger partial charge in [0.15, 0.2) is 5.78 Å². The molecule has 1 aliphatic heterocycles. The van der Waals surface area contributed by atoms with Gasteiger partial charge in [-0.3, -0.25) is 14.4 Å². The molecule has 1 aliphatic carbocycles. The molecule has 0 bridgehead atoms. The molecule has 0 spiro atoms. The molecule has 3 aromatic rings. The van der Waals surface area contributed by atoms with Gasteiger partial charge >= 0.3 is 5.97 Å². The summed E-state index contributed by atoms with van der Waals surface area (Å²) in [5, 5.41) is 3.27. The number of Topliss-reactive ketones (excluding diaryl/α,β-unsaturated/α-hetero) is 1. The smallest absolute Gasteiger partial charge is 0.337 e. The van der Waals surface area contributed by atoms with Crippen molar-refractivity contribution in [3.05, 3.63) is 70.1 Å². The summed E-state index contributed by atoms with van der Waals surface area (Å²) >= 11 is 5.83. The van der Waals surface area contributed by atoms with Crippen LogP contribution in [0.5, 0.6) is 0 Å². The molecule has 1 N–H and O–H groups in total. The predicted octanol–water partition coefficient (Wildman–Crippen LogP) is 3.73. The Morgan fingerprint density at radius 3 is 2.68 bits per heavy atom. The number of hydrogen-bond acceptors (Lipinski definition) is 5. The lowest BCUT2D eigenvalue weighted by Gasteiger charge is -2.27. The topological polar surface area (TPSA) is 97.7 Å². The number of benzene rings is 2. The maximum Gasteiger partial charge on any atom is 0.337 e. The first kappa shape index (κ1) is 25.0. The second kappa shape index (κ2) is 9.63. The monoisotopic (exact) mass is 525 g/mol. The Labute approximate surface area is 217 Å². The van der Waals surface area contributed by atoms with Gasteiger partial charge in [0.2, 0.25) is 11.8 Å². The summed E-state index contributed by atoms with van der Waals surface area (Å²) in [6, 6.07) is 8.77. The number of amides is 2. The van der Waals surface area contributed by atoms with E-state index in [0.717, 1.165) is 6.42 Å². The van der Waals surface area contributed by atoms with Gasteiger partial charge in [-0.05, 0) is 49.9 Å². The number of fused-ring (bicyclic) bond motifs is 2. The minimum absolute atomic E-state index is 0.00816. The zero-order chi connectivity index (χ0) is 26.4. The first-order chi connectivity index (χ1) is 17.7. The lowest BCUT2D eigenvalue weighted by molar-refractivity contribution is -0.140. The highest BCUT2D eigenvalue weighted by Gasteiger charge is 2.55. The molecule has 37 heavy (non-hydrogen) atoms. The van der Waals surface area contributed by atoms with Crippen LogP contribution in [0.15, 0.2) is 42.6 Å². The fourth-order valence-corrected chi connectivity index (χ4v) is 5.41. The van der Waals surface area contributed by atoms with Crippen molar-refractivity contribution < 1.29 is 28.3 Å². The third-order valence-electron chi connectivity index (χ3n) is 7.17. The van der Waals surface area contributed by atoms with E-state index in [1.807, 2.05) is 0 Å². The Morgan fingerprint density at radius 2 is 1.95 bits per heavy atom. The number of esters is 1. The van der Waals surface area contributed by atoms with Crippen LogP contribution in [-0.2, 0) is 27.4 Å². The Kier molecular flexibility index (Phi) is 6.49. The minimum Gasteiger partial charge on any atom is -0.465 e. The number of likely N-dealkylation sites (tertiary alicyclic amines) is 1. The van der Waals surface area contributed by atoms with Crippen molar-refractivity contribution in [1.29, 1.82) is 0 Å². The van der Waals surface area contributed by atoms with Crippen molar-refractivity contribution in [3.8, 4) is 0 Å². The maximum absolute atomic E-state index is 14.2. The number of carbonyl (C=O) groups excluding carboxylic acids is 4. The molecule has 10 heteroatoms. The third-order valence-corrected chi connectivity index (χ3v) is 7.46. The summed E-state index contributed by atoms with van der Waals surface area (Å²) in [4.78, 5) is 52.4. The second-order valence-electron chi connectivity index (χ2n) is 9.50. The van der Waals surface area contributed by atoms with Gasteiger partial charge in [-0.15, -0.1) is 0 Å². The molecule has 2 amide bonds. The standard InChI is InChI=1S/C27H25ClFN3O5/c1-14(33)19-12-31(21-7-6-15(8-18(19)21)27(36)37-2)13-24(34)32-22-9-17(22)10-23(32)26(35)30-11-16-4-3-5-20(28)25(16)29/h3-8,12,17,22-23H,9-11,13H2,1-2H3,(H,30,35)/t17-,22?,23+/m1/s1. The van der Waals surface area contributed by atoms with Gasteiger partial charge in [0.1, 0.15) is 18.4 Å². The Hall–Kier alpha value is -3.72. The number of carbonyl (C=O) groups is 4. The Morgan fingerprint density at radius 1 is 1.16 bits per heavy atom. The molecule has 1 aromatic heterocycles. The number of piperidine rings is 1. The maximum atomic E-state index is 14.2. The van der Waals surface area contributed by atoms with E-state index in [2.05, 4.69) is 5.32 Å². The van der Waals surface area contributed by atoms with E-state index in [0.29, 0.717) is 28.5 Å². The van der Waals surface area contributed by atoms with Gasteiger partial charge < -0.3 is 19.5 Å². The van der Waals surface area contributed by atoms with E-state index in [1.54, 1.807) is 46.0 Å². The number of nitrogens with one attached hydrogen (secondary N) is 1. The molecule has 0 radical (unpaired) electrons. The highest BCUT2D eigenvalue weighted by Crippen LogP contribution is 2.48. The largest absolute Gasteiger partial charge is 0.465 e.